The number of halogens is 3. The molecule has 21 heavy (non-hydrogen) atoms. The molecule has 1 aromatic carbocycles. The van der Waals surface area contributed by atoms with Crippen LogP contribution < -0.4 is 0 Å². The maximum Gasteiger partial charge on any atom is 0.425 e. The van der Waals surface area contributed by atoms with Crippen LogP contribution in [0.2, 0.25) is 0 Å². The number of ether oxygens (including phenoxy) is 2. The van der Waals surface area contributed by atoms with E-state index >= 15 is 0 Å². The van der Waals surface area contributed by atoms with E-state index in [1.165, 1.54) is 31.4 Å². The lowest BCUT2D eigenvalue weighted by atomic mass is 10.1. The first-order valence-corrected chi connectivity index (χ1v) is 6.40. The molecule has 0 radical (unpaired) electrons. The van der Waals surface area contributed by atoms with Gasteiger partial charge < -0.3 is 14.6 Å². The third-order valence-corrected chi connectivity index (χ3v) is 2.78. The van der Waals surface area contributed by atoms with Gasteiger partial charge in [-0.05, 0) is 43.5 Å². The second-order valence-corrected chi connectivity index (χ2v) is 4.47. The number of carbonyl (C=O) groups excluding carboxylic acids is 1. The minimum absolute atomic E-state index is 0.0426. The van der Waals surface area contributed by atoms with Crippen LogP contribution in [0.25, 0.3) is 0 Å². The summed E-state index contributed by atoms with van der Waals surface area (Å²) in [5, 5.41) is 9.07. The van der Waals surface area contributed by atoms with Crippen molar-refractivity contribution in [2.75, 3.05) is 13.7 Å². The van der Waals surface area contributed by atoms with E-state index < -0.39 is 18.2 Å². The number of carbonyl (C=O) groups is 1. The summed E-state index contributed by atoms with van der Waals surface area (Å²) in [6.07, 6.45) is -6.37. The van der Waals surface area contributed by atoms with E-state index in [-0.39, 0.29) is 24.2 Å². The summed E-state index contributed by atoms with van der Waals surface area (Å²) < 4.78 is 47.8. The molecule has 0 aliphatic carbocycles. The lowest BCUT2D eigenvalue weighted by Crippen LogP contribution is -2.34. The van der Waals surface area contributed by atoms with Gasteiger partial charge in [0.15, 0.2) is 6.10 Å². The highest BCUT2D eigenvalue weighted by Crippen LogP contribution is 2.27. The lowest BCUT2D eigenvalue weighted by molar-refractivity contribution is -0.206. The summed E-state index contributed by atoms with van der Waals surface area (Å²) in [4.78, 5) is 11.7. The molecule has 0 amide bonds. The molecule has 0 saturated carbocycles. The summed E-state index contributed by atoms with van der Waals surface area (Å²) >= 11 is 0. The zero-order chi connectivity index (χ0) is 15.9. The Bertz CT molecular complexity index is 443. The van der Waals surface area contributed by atoms with Gasteiger partial charge >= 0.3 is 12.1 Å². The number of phenolic OH excluding ortho intramolecular Hbond substituents is 1. The zero-order valence-corrected chi connectivity index (χ0v) is 11.5. The number of alkyl halides is 3. The third kappa shape index (κ3) is 6.03. The predicted molar refractivity (Wildman–Crippen MR) is 69.1 cm³/mol. The molecule has 1 N–H and O–H groups in total. The quantitative estimate of drug-likeness (QED) is 0.620. The van der Waals surface area contributed by atoms with Crippen LogP contribution in [0.1, 0.15) is 29.6 Å². The molecule has 0 saturated heterocycles. The molecule has 0 heterocycles. The molecule has 1 rings (SSSR count). The van der Waals surface area contributed by atoms with Crippen LogP contribution >= 0.6 is 0 Å². The van der Waals surface area contributed by atoms with Gasteiger partial charge in [-0.15, -0.1) is 0 Å². The summed E-state index contributed by atoms with van der Waals surface area (Å²) in [6.45, 7) is 0.358. The molecule has 0 fully saturated rings. The minimum atomic E-state index is -4.61. The van der Waals surface area contributed by atoms with Crippen LogP contribution in [0.15, 0.2) is 24.3 Å². The van der Waals surface area contributed by atoms with Crippen LogP contribution in [-0.2, 0) is 9.47 Å². The van der Waals surface area contributed by atoms with Crippen molar-refractivity contribution in [1.82, 2.24) is 0 Å². The van der Waals surface area contributed by atoms with E-state index in [0.717, 1.165) is 0 Å². The highest BCUT2D eigenvalue weighted by atomic mass is 19.4. The van der Waals surface area contributed by atoms with Crippen molar-refractivity contribution in [2.24, 2.45) is 0 Å². The highest BCUT2D eigenvalue weighted by molar-refractivity contribution is 5.89. The van der Waals surface area contributed by atoms with Gasteiger partial charge in [0.05, 0.1) is 5.56 Å². The van der Waals surface area contributed by atoms with Crippen LogP contribution in [0, 0.1) is 0 Å². The maximum atomic E-state index is 12.8. The van der Waals surface area contributed by atoms with E-state index in [4.69, 9.17) is 9.84 Å². The Morgan fingerprint density at radius 1 is 1.24 bits per heavy atom. The Labute approximate surface area is 120 Å². The smallest absolute Gasteiger partial charge is 0.425 e. The average molecular weight is 306 g/mol. The number of esters is 1. The Morgan fingerprint density at radius 3 is 2.38 bits per heavy atom. The minimum Gasteiger partial charge on any atom is -0.508 e. The summed E-state index contributed by atoms with van der Waals surface area (Å²) in [6, 6.07) is 4.82. The Hall–Kier alpha value is -1.76. The van der Waals surface area contributed by atoms with Crippen LogP contribution in [-0.4, -0.2) is 37.1 Å². The molecular weight excluding hydrogens is 289 g/mol. The molecule has 1 atom stereocenters. The number of phenols is 1. The SMILES string of the molecule is COCCCC[C@@H](OC(=O)c1ccc(O)cc1)C(F)(F)F. The summed E-state index contributed by atoms with van der Waals surface area (Å²) in [5.41, 5.74) is -0.0426. The predicted octanol–water partition coefficient (Wildman–Crippen LogP) is 3.30. The van der Waals surface area contributed by atoms with Gasteiger partial charge in [-0.3, -0.25) is 0 Å². The van der Waals surface area contributed by atoms with E-state index in [1.807, 2.05) is 0 Å². The monoisotopic (exact) mass is 306 g/mol. The van der Waals surface area contributed by atoms with Gasteiger partial charge in [-0.1, -0.05) is 0 Å². The number of hydrogen-bond acceptors (Lipinski definition) is 4. The Balaban J connectivity index is 2.63. The summed E-state index contributed by atoms with van der Waals surface area (Å²) in [5.74, 6) is -1.15. The van der Waals surface area contributed by atoms with Crippen molar-refractivity contribution < 1.29 is 32.5 Å². The normalized spacial score (nSPS) is 13.0. The van der Waals surface area contributed by atoms with E-state index in [1.54, 1.807) is 0 Å². The van der Waals surface area contributed by atoms with Gasteiger partial charge in [-0.2, -0.15) is 13.2 Å². The van der Waals surface area contributed by atoms with Crippen molar-refractivity contribution >= 4 is 5.97 Å². The molecule has 118 valence electrons. The molecule has 0 aromatic heterocycles. The zero-order valence-electron chi connectivity index (χ0n) is 11.5. The Morgan fingerprint density at radius 2 is 1.86 bits per heavy atom. The van der Waals surface area contributed by atoms with E-state index in [0.29, 0.717) is 13.0 Å². The average Bonchev–Trinajstić information content (AvgIpc) is 2.41. The molecule has 0 bridgehead atoms. The van der Waals surface area contributed by atoms with Crippen LogP contribution in [0.3, 0.4) is 0 Å². The highest BCUT2D eigenvalue weighted by Gasteiger charge is 2.42. The van der Waals surface area contributed by atoms with Gasteiger partial charge in [0, 0.05) is 13.7 Å². The van der Waals surface area contributed by atoms with Gasteiger partial charge in [0.1, 0.15) is 5.75 Å². The first-order valence-electron chi connectivity index (χ1n) is 6.40. The van der Waals surface area contributed by atoms with Crippen molar-refractivity contribution in [3.63, 3.8) is 0 Å². The van der Waals surface area contributed by atoms with Gasteiger partial charge in [0.25, 0.3) is 0 Å². The van der Waals surface area contributed by atoms with Crippen LogP contribution in [0.5, 0.6) is 5.75 Å². The molecule has 1 aromatic rings. The topological polar surface area (TPSA) is 55.8 Å². The van der Waals surface area contributed by atoms with Crippen LogP contribution in [0.4, 0.5) is 13.2 Å². The molecule has 0 aliphatic heterocycles. The number of rotatable bonds is 7. The fourth-order valence-electron chi connectivity index (χ4n) is 1.66. The molecular formula is C14H17F3O4. The second kappa shape index (κ2) is 7.87. The Kier molecular flexibility index (Phi) is 6.48. The lowest BCUT2D eigenvalue weighted by Gasteiger charge is -2.20. The number of methoxy groups -OCH3 is 1. The van der Waals surface area contributed by atoms with E-state index in [9.17, 15) is 18.0 Å². The molecule has 0 spiro atoms. The largest absolute Gasteiger partial charge is 0.508 e. The van der Waals surface area contributed by atoms with E-state index in [2.05, 4.69) is 4.74 Å². The molecule has 4 nitrogen and oxygen atoms in total. The fraction of sp³-hybridized carbons (Fsp3) is 0.500. The van der Waals surface area contributed by atoms with Gasteiger partial charge in [0.2, 0.25) is 0 Å². The first kappa shape index (κ1) is 17.3. The number of unbranched alkanes of at least 4 members (excludes halogenated alkanes) is 1. The molecule has 0 aliphatic rings. The van der Waals surface area contributed by atoms with Crippen molar-refractivity contribution in [1.29, 1.82) is 0 Å². The number of aromatic hydroxyl groups is 1. The molecule has 7 heteroatoms. The van der Waals surface area contributed by atoms with Crippen molar-refractivity contribution in [3.05, 3.63) is 29.8 Å². The summed E-state index contributed by atoms with van der Waals surface area (Å²) in [7, 11) is 1.46. The fourth-order valence-corrected chi connectivity index (χ4v) is 1.66. The standard InChI is InChI=1S/C14H17F3O4/c1-20-9-3-2-4-12(14(15,16)17)21-13(19)10-5-7-11(18)8-6-10/h5-8,12,18H,2-4,9H2,1H3/t12-/m1/s1. The van der Waals surface area contributed by atoms with Crippen molar-refractivity contribution in [2.45, 2.75) is 31.5 Å². The first-order chi connectivity index (χ1) is 9.84. The van der Waals surface area contributed by atoms with Crippen molar-refractivity contribution in [3.8, 4) is 5.75 Å². The number of benzene rings is 1. The molecule has 0 unspecified atom stereocenters. The second-order valence-electron chi connectivity index (χ2n) is 4.47. The van der Waals surface area contributed by atoms with Gasteiger partial charge in [-0.25, -0.2) is 4.79 Å². The maximum absolute atomic E-state index is 12.8. The third-order valence-electron chi connectivity index (χ3n) is 2.78. The number of hydrogen-bond donors (Lipinski definition) is 1.